The van der Waals surface area contributed by atoms with Crippen molar-refractivity contribution in [1.82, 2.24) is 4.98 Å². The van der Waals surface area contributed by atoms with Gasteiger partial charge in [-0.3, -0.25) is 10.1 Å². The topological polar surface area (TPSA) is 42.0 Å². The van der Waals surface area contributed by atoms with Crippen LogP contribution in [0.2, 0.25) is 0 Å². The summed E-state index contributed by atoms with van der Waals surface area (Å²) in [5.41, 5.74) is 1.87. The Morgan fingerprint density at radius 3 is 1.97 bits per heavy atom. The zero-order chi connectivity index (χ0) is 26.5. The third-order valence-corrected chi connectivity index (χ3v) is 5.30. The molecule has 1 heterocycles. The van der Waals surface area contributed by atoms with Gasteiger partial charge in [-0.2, -0.15) is 43.9 Å². The van der Waals surface area contributed by atoms with Gasteiger partial charge in [0.1, 0.15) is 0 Å². The first-order valence-corrected chi connectivity index (χ1v) is 9.61. The number of hydrogen-bond donors (Lipinski definition) is 1. The second-order valence-electron chi connectivity index (χ2n) is 7.03. The molecule has 2 aromatic rings. The third kappa shape index (κ3) is 4.20. The number of thiazole rings is 1. The molecule has 1 amide bonds. The molecule has 16 heteroatoms. The molecule has 3 nitrogen and oxygen atoms in total. The SMILES string of the molecule is Cc1ccc(-c2csc(NC(=O)C(F)(F)C(F)(F)C(F)(F)C(F)(F)C(F)(F)C(F)F)n2)c(C)c1. The van der Waals surface area contributed by atoms with E-state index in [1.165, 1.54) is 6.07 Å². The summed E-state index contributed by atoms with van der Waals surface area (Å²) in [5.74, 6) is -40.2. The molecule has 2 rings (SSSR count). The van der Waals surface area contributed by atoms with Crippen molar-refractivity contribution >= 4 is 22.4 Å². The van der Waals surface area contributed by atoms with Crippen LogP contribution in [0.25, 0.3) is 11.3 Å². The molecule has 0 aliphatic carbocycles. The minimum atomic E-state index is -7.78. The van der Waals surface area contributed by atoms with E-state index >= 15 is 0 Å². The Morgan fingerprint density at radius 1 is 0.912 bits per heavy atom. The molecular formula is C18H12F12N2OS. The molecule has 0 bridgehead atoms. The van der Waals surface area contributed by atoms with Crippen LogP contribution < -0.4 is 5.32 Å². The lowest BCUT2D eigenvalue weighted by Gasteiger charge is -2.38. The summed E-state index contributed by atoms with van der Waals surface area (Å²) in [7, 11) is 0. The number of carbonyl (C=O) groups is 1. The van der Waals surface area contributed by atoms with Gasteiger partial charge in [-0.15, -0.1) is 11.3 Å². The number of benzene rings is 1. The van der Waals surface area contributed by atoms with Crippen LogP contribution in [0.15, 0.2) is 23.6 Å². The molecule has 1 aromatic heterocycles. The highest BCUT2D eigenvalue weighted by Gasteiger charge is 2.89. The Labute approximate surface area is 186 Å². The molecule has 0 fully saturated rings. The van der Waals surface area contributed by atoms with Crippen LogP contribution in [0.5, 0.6) is 0 Å². The molecule has 0 saturated carbocycles. The highest BCUT2D eigenvalue weighted by Crippen LogP contribution is 2.58. The van der Waals surface area contributed by atoms with Gasteiger partial charge in [0, 0.05) is 10.9 Å². The summed E-state index contributed by atoms with van der Waals surface area (Å²) in [6.45, 7) is 3.36. The first-order chi connectivity index (χ1) is 15.2. The van der Waals surface area contributed by atoms with E-state index in [1.807, 2.05) is 0 Å². The number of aryl methyl sites for hydroxylation is 2. The number of rotatable bonds is 8. The van der Waals surface area contributed by atoms with Crippen molar-refractivity contribution in [3.8, 4) is 11.3 Å². The van der Waals surface area contributed by atoms with E-state index in [0.29, 0.717) is 22.5 Å². The minimum absolute atomic E-state index is 0.0290. The van der Waals surface area contributed by atoms with Crippen molar-refractivity contribution in [3.63, 3.8) is 0 Å². The molecule has 0 atom stereocenters. The number of amides is 1. The van der Waals surface area contributed by atoms with Crippen LogP contribution in [0.3, 0.4) is 0 Å². The lowest BCUT2D eigenvalue weighted by Crippen LogP contribution is -2.70. The van der Waals surface area contributed by atoms with E-state index < -0.39 is 47.1 Å². The van der Waals surface area contributed by atoms with Gasteiger partial charge in [0.05, 0.1) is 5.69 Å². The van der Waals surface area contributed by atoms with Crippen molar-refractivity contribution in [2.75, 3.05) is 5.32 Å². The van der Waals surface area contributed by atoms with E-state index in [4.69, 9.17) is 0 Å². The van der Waals surface area contributed by atoms with Crippen molar-refractivity contribution < 1.29 is 57.5 Å². The molecule has 0 spiro atoms. The van der Waals surface area contributed by atoms with Crippen LogP contribution in [0, 0.1) is 13.8 Å². The zero-order valence-electron chi connectivity index (χ0n) is 16.7. The van der Waals surface area contributed by atoms with Gasteiger partial charge >= 0.3 is 41.9 Å². The van der Waals surface area contributed by atoms with Crippen LogP contribution in [0.4, 0.5) is 57.8 Å². The summed E-state index contributed by atoms with van der Waals surface area (Å²) < 4.78 is 159. The van der Waals surface area contributed by atoms with Crippen molar-refractivity contribution in [1.29, 1.82) is 0 Å². The number of anilines is 1. The Hall–Kier alpha value is -2.52. The Morgan fingerprint density at radius 2 is 1.47 bits per heavy atom. The lowest BCUT2D eigenvalue weighted by atomic mass is 9.94. The van der Waals surface area contributed by atoms with Gasteiger partial charge in [0.2, 0.25) is 0 Å². The molecule has 0 aliphatic rings. The summed E-state index contributed by atoms with van der Waals surface area (Å²) >= 11 is 0.357. The quantitative estimate of drug-likeness (QED) is 0.380. The number of hydrogen-bond acceptors (Lipinski definition) is 3. The number of aromatic nitrogens is 1. The molecule has 0 saturated heterocycles. The fourth-order valence-corrected chi connectivity index (χ4v) is 3.32. The molecule has 0 aliphatic heterocycles. The first kappa shape index (κ1) is 27.7. The van der Waals surface area contributed by atoms with E-state index in [-0.39, 0.29) is 5.69 Å². The van der Waals surface area contributed by atoms with Crippen LogP contribution in [0.1, 0.15) is 11.1 Å². The second-order valence-corrected chi connectivity index (χ2v) is 7.89. The largest absolute Gasteiger partial charge is 0.393 e. The summed E-state index contributed by atoms with van der Waals surface area (Å²) in [6.07, 6.45) is -5.62. The second kappa shape index (κ2) is 8.61. The van der Waals surface area contributed by atoms with Crippen molar-refractivity contribution in [2.45, 2.75) is 49.9 Å². The summed E-state index contributed by atoms with van der Waals surface area (Å²) in [6, 6.07) is 4.82. The monoisotopic (exact) mass is 532 g/mol. The van der Waals surface area contributed by atoms with Crippen molar-refractivity contribution in [3.05, 3.63) is 34.7 Å². The standard InChI is InChI=1S/C18H12F12N2OS/c1-7-3-4-9(8(2)5-7)10-6-34-13(31-10)32-12(33)15(23,24)17(27,28)18(29,30)16(25,26)14(21,22)11(19)20/h3-6,11H,1-2H3,(H,31,32,33). The molecule has 190 valence electrons. The molecule has 34 heavy (non-hydrogen) atoms. The summed E-state index contributed by atoms with van der Waals surface area (Å²) in [4.78, 5) is 15.2. The molecule has 1 N–H and O–H groups in total. The smallest absolute Gasteiger partial charge is 0.296 e. The Bertz CT molecular complexity index is 1070. The summed E-state index contributed by atoms with van der Waals surface area (Å²) in [5, 5.41) is 1.31. The number of halogens is 12. The van der Waals surface area contributed by atoms with Gasteiger partial charge in [0.25, 0.3) is 0 Å². The van der Waals surface area contributed by atoms with Crippen LogP contribution >= 0.6 is 11.3 Å². The van der Waals surface area contributed by atoms with Gasteiger partial charge in [-0.05, 0) is 19.4 Å². The lowest BCUT2D eigenvalue weighted by molar-refractivity contribution is -0.406. The van der Waals surface area contributed by atoms with Gasteiger partial charge in [-0.25, -0.2) is 13.8 Å². The maximum atomic E-state index is 13.9. The first-order valence-electron chi connectivity index (χ1n) is 8.73. The Kier molecular flexibility index (Phi) is 7.02. The zero-order valence-corrected chi connectivity index (χ0v) is 17.5. The highest BCUT2D eigenvalue weighted by molar-refractivity contribution is 7.14. The van der Waals surface area contributed by atoms with Gasteiger partial charge < -0.3 is 0 Å². The number of alkyl halides is 12. The van der Waals surface area contributed by atoms with Crippen LogP contribution in [-0.4, -0.2) is 46.9 Å². The number of nitrogens with zero attached hydrogens (tertiary/aromatic N) is 1. The van der Waals surface area contributed by atoms with E-state index in [9.17, 15) is 57.5 Å². The van der Waals surface area contributed by atoms with Crippen LogP contribution in [-0.2, 0) is 4.79 Å². The number of carbonyl (C=O) groups excluding carboxylic acids is 1. The predicted molar refractivity (Wildman–Crippen MR) is 96.4 cm³/mol. The van der Waals surface area contributed by atoms with E-state index in [1.54, 1.807) is 26.0 Å². The fourth-order valence-electron chi connectivity index (χ4n) is 2.61. The fraction of sp³-hybridized carbons (Fsp3) is 0.444. The Balaban J connectivity index is 2.36. The molecular weight excluding hydrogens is 520 g/mol. The van der Waals surface area contributed by atoms with E-state index in [2.05, 4.69) is 4.98 Å². The normalized spacial score (nSPS) is 14.0. The molecule has 1 aromatic carbocycles. The minimum Gasteiger partial charge on any atom is -0.296 e. The third-order valence-electron chi connectivity index (χ3n) is 4.54. The van der Waals surface area contributed by atoms with Crippen molar-refractivity contribution in [2.24, 2.45) is 0 Å². The van der Waals surface area contributed by atoms with Gasteiger partial charge in [0.15, 0.2) is 5.13 Å². The van der Waals surface area contributed by atoms with Gasteiger partial charge in [-0.1, -0.05) is 23.8 Å². The predicted octanol–water partition coefficient (Wildman–Crippen LogP) is 6.81. The average Bonchev–Trinajstić information content (AvgIpc) is 3.15. The maximum absolute atomic E-state index is 13.9. The number of nitrogens with one attached hydrogen (secondary N) is 1. The molecule has 0 unspecified atom stereocenters. The molecule has 0 radical (unpaired) electrons. The maximum Gasteiger partial charge on any atom is 0.393 e. The average molecular weight is 532 g/mol. The highest BCUT2D eigenvalue weighted by atomic mass is 32.1. The van der Waals surface area contributed by atoms with E-state index in [0.717, 1.165) is 16.3 Å².